The summed E-state index contributed by atoms with van der Waals surface area (Å²) in [5, 5.41) is 0. The molecule has 2 aliphatic heterocycles. The van der Waals surface area contributed by atoms with Crippen LogP contribution in [0, 0.1) is 0 Å². The zero-order chi connectivity index (χ0) is 20.9. The first-order valence-electron chi connectivity index (χ1n) is 9.66. The molecule has 6 heteroatoms. The number of hydrogen-bond acceptors (Lipinski definition) is 4. The van der Waals surface area contributed by atoms with Gasteiger partial charge in [0.25, 0.3) is 17.5 Å². The van der Waals surface area contributed by atoms with Gasteiger partial charge in [-0.15, -0.1) is 0 Å². The van der Waals surface area contributed by atoms with Crippen LogP contribution >= 0.6 is 0 Å². The third kappa shape index (κ3) is 2.40. The van der Waals surface area contributed by atoms with E-state index in [9.17, 15) is 9.59 Å². The largest absolute Gasteiger partial charge is 0.497 e. The van der Waals surface area contributed by atoms with Crippen LogP contribution in [-0.4, -0.2) is 26.0 Å². The van der Waals surface area contributed by atoms with E-state index in [1.807, 2.05) is 48.5 Å². The molecule has 1 spiro atoms. The van der Waals surface area contributed by atoms with Gasteiger partial charge in [0.05, 0.1) is 25.1 Å². The fourth-order valence-electron chi connectivity index (χ4n) is 4.24. The average molecular weight is 400 g/mol. The highest BCUT2D eigenvalue weighted by Crippen LogP contribution is 2.50. The lowest BCUT2D eigenvalue weighted by Gasteiger charge is -2.43. The van der Waals surface area contributed by atoms with Crippen molar-refractivity contribution in [3.8, 4) is 5.75 Å². The Balaban J connectivity index is 1.73. The molecule has 0 bridgehead atoms. The number of ether oxygens (including phenoxy) is 2. The Kier molecular flexibility index (Phi) is 4.11. The Morgan fingerprint density at radius 3 is 2.37 bits per heavy atom. The van der Waals surface area contributed by atoms with Gasteiger partial charge >= 0.3 is 0 Å². The second-order valence-electron chi connectivity index (χ2n) is 7.31. The minimum atomic E-state index is -1.54. The van der Waals surface area contributed by atoms with Crippen LogP contribution in [0.4, 0.5) is 11.4 Å². The second-order valence-corrected chi connectivity index (χ2v) is 7.31. The van der Waals surface area contributed by atoms with Crippen molar-refractivity contribution in [3.05, 3.63) is 89.5 Å². The van der Waals surface area contributed by atoms with Gasteiger partial charge in [-0.25, -0.2) is 0 Å². The van der Waals surface area contributed by atoms with Crippen molar-refractivity contribution in [2.45, 2.75) is 12.3 Å². The highest BCUT2D eigenvalue weighted by Gasteiger charge is 2.59. The molecule has 2 amide bonds. The molecule has 0 aromatic heterocycles. The summed E-state index contributed by atoms with van der Waals surface area (Å²) in [6.07, 6.45) is 0. The van der Waals surface area contributed by atoms with Crippen LogP contribution in [0.2, 0.25) is 0 Å². The first kappa shape index (κ1) is 18.4. The third-order valence-corrected chi connectivity index (χ3v) is 5.75. The molecule has 1 atom stereocenters. The van der Waals surface area contributed by atoms with E-state index in [4.69, 9.17) is 9.47 Å². The number of nitrogens with zero attached hydrogens (tertiary/aromatic N) is 2. The molecular weight excluding hydrogens is 380 g/mol. The summed E-state index contributed by atoms with van der Waals surface area (Å²) in [6.45, 7) is 0.233. The molecule has 5 rings (SSSR count). The summed E-state index contributed by atoms with van der Waals surface area (Å²) in [5.74, 6) is 0.0434. The number of carbonyl (C=O) groups excluding carboxylic acids is 2. The molecular formula is C24H20N2O4. The van der Waals surface area contributed by atoms with Crippen LogP contribution in [0.1, 0.15) is 21.5 Å². The molecule has 2 aliphatic rings. The number of amides is 2. The fourth-order valence-corrected chi connectivity index (χ4v) is 4.24. The summed E-state index contributed by atoms with van der Waals surface area (Å²) in [7, 11) is 3.28. The number of methoxy groups -OCH3 is 1. The molecule has 0 fully saturated rings. The highest BCUT2D eigenvalue weighted by molar-refractivity contribution is 6.17. The highest BCUT2D eigenvalue weighted by atomic mass is 16.5. The Morgan fingerprint density at radius 1 is 0.967 bits per heavy atom. The van der Waals surface area contributed by atoms with Crippen LogP contribution in [0.5, 0.6) is 5.75 Å². The molecule has 0 radical (unpaired) electrons. The Bertz CT molecular complexity index is 1160. The Labute approximate surface area is 174 Å². The topological polar surface area (TPSA) is 59.1 Å². The minimum Gasteiger partial charge on any atom is -0.497 e. The average Bonchev–Trinajstić information content (AvgIpc) is 3.01. The number of anilines is 2. The molecule has 0 aliphatic carbocycles. The second kappa shape index (κ2) is 6.71. The summed E-state index contributed by atoms with van der Waals surface area (Å²) in [5.41, 5.74) is 1.81. The molecule has 0 unspecified atom stereocenters. The third-order valence-electron chi connectivity index (χ3n) is 5.75. The predicted octanol–water partition coefficient (Wildman–Crippen LogP) is 3.70. The van der Waals surface area contributed by atoms with Gasteiger partial charge in [0, 0.05) is 23.7 Å². The molecule has 150 valence electrons. The van der Waals surface area contributed by atoms with Gasteiger partial charge in [0.1, 0.15) is 5.75 Å². The lowest BCUT2D eigenvalue weighted by Crippen LogP contribution is -2.59. The minimum absolute atomic E-state index is 0.233. The summed E-state index contributed by atoms with van der Waals surface area (Å²) in [6, 6.07) is 21.8. The predicted molar refractivity (Wildman–Crippen MR) is 113 cm³/mol. The van der Waals surface area contributed by atoms with E-state index >= 15 is 0 Å². The van der Waals surface area contributed by atoms with Crippen LogP contribution in [-0.2, 0) is 21.9 Å². The zero-order valence-corrected chi connectivity index (χ0v) is 16.7. The molecule has 0 N–H and O–H groups in total. The normalized spacial score (nSPS) is 19.6. The van der Waals surface area contributed by atoms with Gasteiger partial charge in [-0.2, -0.15) is 0 Å². The molecule has 0 saturated heterocycles. The van der Waals surface area contributed by atoms with Crippen molar-refractivity contribution in [1.82, 2.24) is 0 Å². The molecule has 3 aromatic carbocycles. The van der Waals surface area contributed by atoms with Crippen molar-refractivity contribution >= 4 is 23.2 Å². The smallest absolute Gasteiger partial charge is 0.285 e. The van der Waals surface area contributed by atoms with Crippen molar-refractivity contribution in [2.24, 2.45) is 0 Å². The van der Waals surface area contributed by atoms with E-state index in [2.05, 4.69) is 0 Å². The lowest BCUT2D eigenvalue weighted by molar-refractivity contribution is -0.146. The number of carbonyl (C=O) groups is 2. The Morgan fingerprint density at radius 2 is 1.63 bits per heavy atom. The van der Waals surface area contributed by atoms with E-state index in [1.165, 1.54) is 4.90 Å². The van der Waals surface area contributed by atoms with Gasteiger partial charge in [-0.05, 0) is 36.4 Å². The first-order chi connectivity index (χ1) is 14.6. The molecule has 3 aromatic rings. The number of likely N-dealkylation sites (N-methyl/N-ethyl adjacent to an activating group) is 1. The standard InChI is InChI=1S/C24H20N2O4/c1-25-21-10-6-4-8-19(21)24(23(25)28)26(20-9-5-3-7-17(20)15-30-24)22(27)16-11-13-18(29-2)14-12-16/h3-14H,15H2,1-2H3/t24-/m0/s1. The van der Waals surface area contributed by atoms with Crippen LogP contribution in [0.3, 0.4) is 0 Å². The van der Waals surface area contributed by atoms with Crippen LogP contribution < -0.4 is 14.5 Å². The quantitative estimate of drug-likeness (QED) is 0.658. The maximum atomic E-state index is 13.8. The van der Waals surface area contributed by atoms with E-state index < -0.39 is 5.72 Å². The zero-order valence-electron chi connectivity index (χ0n) is 16.7. The van der Waals surface area contributed by atoms with Gasteiger partial charge < -0.3 is 14.4 Å². The SMILES string of the molecule is COc1ccc(C(=O)N2c3ccccc3CO[C@@]23C(=O)N(C)c2ccccc23)cc1. The number of benzene rings is 3. The van der Waals surface area contributed by atoms with Gasteiger partial charge in [-0.3, -0.25) is 14.5 Å². The monoisotopic (exact) mass is 400 g/mol. The van der Waals surface area contributed by atoms with E-state index in [1.54, 1.807) is 43.3 Å². The van der Waals surface area contributed by atoms with Gasteiger partial charge in [0.2, 0.25) is 0 Å². The number of fused-ring (bicyclic) bond motifs is 3. The number of rotatable bonds is 2. The van der Waals surface area contributed by atoms with Gasteiger partial charge in [0.15, 0.2) is 0 Å². The molecule has 30 heavy (non-hydrogen) atoms. The molecule has 0 saturated carbocycles. The van der Waals surface area contributed by atoms with Crippen LogP contribution in [0.15, 0.2) is 72.8 Å². The summed E-state index contributed by atoms with van der Waals surface area (Å²) in [4.78, 5) is 30.5. The van der Waals surface area contributed by atoms with Crippen molar-refractivity contribution in [2.75, 3.05) is 24.0 Å². The molecule has 2 heterocycles. The van der Waals surface area contributed by atoms with E-state index in [-0.39, 0.29) is 18.4 Å². The Hall–Kier alpha value is -3.64. The van der Waals surface area contributed by atoms with Crippen LogP contribution in [0.25, 0.3) is 0 Å². The first-order valence-corrected chi connectivity index (χ1v) is 9.66. The number of hydrogen-bond donors (Lipinski definition) is 0. The van der Waals surface area contributed by atoms with Crippen molar-refractivity contribution < 1.29 is 19.1 Å². The lowest BCUT2D eigenvalue weighted by atomic mass is 9.96. The number of para-hydroxylation sites is 2. The van der Waals surface area contributed by atoms with E-state index in [0.717, 1.165) is 11.3 Å². The summed E-state index contributed by atoms with van der Waals surface area (Å²) < 4.78 is 11.5. The van der Waals surface area contributed by atoms with Gasteiger partial charge in [-0.1, -0.05) is 36.4 Å². The molecule has 6 nitrogen and oxygen atoms in total. The maximum absolute atomic E-state index is 13.8. The van der Waals surface area contributed by atoms with Crippen molar-refractivity contribution in [1.29, 1.82) is 0 Å². The summed E-state index contributed by atoms with van der Waals surface area (Å²) >= 11 is 0. The maximum Gasteiger partial charge on any atom is 0.285 e. The van der Waals surface area contributed by atoms with E-state index in [0.29, 0.717) is 22.6 Å². The fraction of sp³-hybridized carbons (Fsp3) is 0.167. The van der Waals surface area contributed by atoms with Crippen molar-refractivity contribution in [3.63, 3.8) is 0 Å².